The van der Waals surface area contributed by atoms with E-state index < -0.39 is 6.04 Å². The fourth-order valence-electron chi connectivity index (χ4n) is 5.98. The van der Waals surface area contributed by atoms with Crippen molar-refractivity contribution in [2.75, 3.05) is 56.7 Å². The number of anilines is 2. The fourth-order valence-corrected chi connectivity index (χ4v) is 6.45. The van der Waals surface area contributed by atoms with Crippen LogP contribution in [0.5, 0.6) is 0 Å². The van der Waals surface area contributed by atoms with Crippen molar-refractivity contribution in [1.29, 1.82) is 0 Å². The summed E-state index contributed by atoms with van der Waals surface area (Å²) in [6.07, 6.45) is 4.97. The van der Waals surface area contributed by atoms with Gasteiger partial charge in [-0.3, -0.25) is 9.59 Å². The van der Waals surface area contributed by atoms with E-state index in [4.69, 9.17) is 27.9 Å². The average molecular weight is 654 g/mol. The largest absolute Gasteiger partial charge is 0.381 e. The zero-order valence-corrected chi connectivity index (χ0v) is 27.2. The van der Waals surface area contributed by atoms with E-state index in [9.17, 15) is 9.59 Å². The van der Waals surface area contributed by atoms with Crippen molar-refractivity contribution >= 4 is 46.8 Å². The molecule has 0 saturated carbocycles. The van der Waals surface area contributed by atoms with Crippen molar-refractivity contribution in [2.45, 2.75) is 51.4 Å². The first-order valence-electron chi connectivity index (χ1n) is 15.4. The lowest BCUT2D eigenvalue weighted by atomic mass is 10.0. The minimum absolute atomic E-state index is 0.216. The van der Waals surface area contributed by atoms with Gasteiger partial charge >= 0.3 is 0 Å². The maximum absolute atomic E-state index is 13.6. The van der Waals surface area contributed by atoms with Crippen LogP contribution in [0.3, 0.4) is 0 Å². The number of carbonyl (C=O) groups is 2. The summed E-state index contributed by atoms with van der Waals surface area (Å²) in [6, 6.07) is 6.70. The van der Waals surface area contributed by atoms with Crippen molar-refractivity contribution in [1.82, 2.24) is 30.1 Å². The Morgan fingerprint density at radius 2 is 1.76 bits per heavy atom. The SMILES string of the molecule is CC(NC(=O)C(C)N1Cc2ccc(-c3nc(NC4CCOCC4)ncc3Cl)cc2C1=O)c1cc(N2CCN(C)CC2)ncc1Cl. The van der Waals surface area contributed by atoms with Gasteiger partial charge in [-0.2, -0.15) is 0 Å². The molecule has 3 aliphatic rings. The maximum Gasteiger partial charge on any atom is 0.255 e. The summed E-state index contributed by atoms with van der Waals surface area (Å²) in [5.74, 6) is 0.847. The maximum atomic E-state index is 13.6. The average Bonchev–Trinajstić information content (AvgIpc) is 3.38. The second-order valence-corrected chi connectivity index (χ2v) is 12.8. The van der Waals surface area contributed by atoms with Crippen LogP contribution in [-0.4, -0.2) is 95.1 Å². The summed E-state index contributed by atoms with van der Waals surface area (Å²) in [4.78, 5) is 46.7. The first kappa shape index (κ1) is 31.5. The number of aromatic nitrogens is 3. The van der Waals surface area contributed by atoms with Gasteiger partial charge in [0.15, 0.2) is 0 Å². The third-order valence-corrected chi connectivity index (χ3v) is 9.48. The molecule has 0 bridgehead atoms. The van der Waals surface area contributed by atoms with Crippen LogP contribution in [0.15, 0.2) is 36.7 Å². The molecule has 2 N–H and O–H groups in total. The molecule has 2 amide bonds. The minimum atomic E-state index is -0.702. The topological polar surface area (TPSA) is 116 Å². The lowest BCUT2D eigenvalue weighted by Crippen LogP contribution is -2.46. The number of ether oxygens (including phenoxy) is 1. The number of nitrogens with one attached hydrogen (secondary N) is 2. The molecule has 5 heterocycles. The van der Waals surface area contributed by atoms with Crippen LogP contribution in [-0.2, 0) is 16.1 Å². The number of likely N-dealkylation sites (N-methyl/N-ethyl adjacent to an activating group) is 1. The molecule has 2 fully saturated rings. The number of fused-ring (bicyclic) bond motifs is 1. The predicted molar refractivity (Wildman–Crippen MR) is 175 cm³/mol. The van der Waals surface area contributed by atoms with Crippen LogP contribution in [0.4, 0.5) is 11.8 Å². The smallest absolute Gasteiger partial charge is 0.255 e. The highest BCUT2D eigenvalue weighted by Gasteiger charge is 2.35. The van der Waals surface area contributed by atoms with Gasteiger partial charge in [-0.1, -0.05) is 35.3 Å². The molecular formula is C32H38Cl2N8O3. The van der Waals surface area contributed by atoms with Gasteiger partial charge in [0.1, 0.15) is 11.9 Å². The molecule has 0 radical (unpaired) electrons. The zero-order valence-electron chi connectivity index (χ0n) is 25.7. The number of amides is 2. The first-order valence-corrected chi connectivity index (χ1v) is 16.1. The number of carbonyl (C=O) groups excluding carboxylic acids is 2. The molecule has 11 nitrogen and oxygen atoms in total. The number of halogens is 2. The number of benzene rings is 1. The van der Waals surface area contributed by atoms with E-state index >= 15 is 0 Å². The Balaban J connectivity index is 1.13. The second-order valence-electron chi connectivity index (χ2n) is 12.0. The Bertz CT molecular complexity index is 1580. The molecule has 1 aromatic carbocycles. The van der Waals surface area contributed by atoms with Gasteiger partial charge in [0.2, 0.25) is 11.9 Å². The predicted octanol–water partition coefficient (Wildman–Crippen LogP) is 4.41. The monoisotopic (exact) mass is 652 g/mol. The zero-order chi connectivity index (χ0) is 31.7. The summed E-state index contributed by atoms with van der Waals surface area (Å²) in [6.45, 7) is 9.03. The van der Waals surface area contributed by atoms with Crippen LogP contribution < -0.4 is 15.5 Å². The Morgan fingerprint density at radius 3 is 2.51 bits per heavy atom. The summed E-state index contributed by atoms with van der Waals surface area (Å²) < 4.78 is 5.44. The third kappa shape index (κ3) is 6.86. The Kier molecular flexibility index (Phi) is 9.41. The minimum Gasteiger partial charge on any atom is -0.381 e. The molecule has 0 aliphatic carbocycles. The number of hydrogen-bond donors (Lipinski definition) is 2. The molecule has 3 aromatic rings. The van der Waals surface area contributed by atoms with Crippen LogP contribution in [0.2, 0.25) is 10.0 Å². The Hall–Kier alpha value is -3.51. The molecule has 238 valence electrons. The highest BCUT2D eigenvalue weighted by atomic mass is 35.5. The van der Waals surface area contributed by atoms with Crippen molar-refractivity contribution in [3.63, 3.8) is 0 Å². The van der Waals surface area contributed by atoms with Gasteiger partial charge in [-0.25, -0.2) is 15.0 Å². The van der Waals surface area contributed by atoms with Gasteiger partial charge < -0.3 is 30.1 Å². The lowest BCUT2D eigenvalue weighted by molar-refractivity contribution is -0.125. The van der Waals surface area contributed by atoms with E-state index in [1.807, 2.05) is 25.1 Å². The highest BCUT2D eigenvalue weighted by Crippen LogP contribution is 2.33. The van der Waals surface area contributed by atoms with Crippen LogP contribution >= 0.6 is 23.2 Å². The summed E-state index contributed by atoms with van der Waals surface area (Å²) in [5.41, 5.74) is 3.41. The van der Waals surface area contributed by atoms with E-state index in [-0.39, 0.29) is 23.9 Å². The summed E-state index contributed by atoms with van der Waals surface area (Å²) >= 11 is 13.0. The summed E-state index contributed by atoms with van der Waals surface area (Å²) in [7, 11) is 2.11. The molecule has 0 spiro atoms. The summed E-state index contributed by atoms with van der Waals surface area (Å²) in [5, 5.41) is 7.31. The van der Waals surface area contributed by atoms with E-state index in [2.05, 4.69) is 42.4 Å². The molecule has 3 aliphatic heterocycles. The van der Waals surface area contributed by atoms with Gasteiger partial charge in [0, 0.05) is 69.3 Å². The molecule has 2 atom stereocenters. The van der Waals surface area contributed by atoms with E-state index in [0.717, 1.165) is 56.0 Å². The molecule has 45 heavy (non-hydrogen) atoms. The van der Waals surface area contributed by atoms with E-state index in [1.54, 1.807) is 30.3 Å². The van der Waals surface area contributed by atoms with Gasteiger partial charge in [-0.15, -0.1) is 0 Å². The van der Waals surface area contributed by atoms with Crippen LogP contribution in [0.1, 0.15) is 54.2 Å². The third-order valence-electron chi connectivity index (χ3n) is 8.88. The molecular weight excluding hydrogens is 615 g/mol. The van der Waals surface area contributed by atoms with Gasteiger partial charge in [0.05, 0.1) is 28.0 Å². The Morgan fingerprint density at radius 1 is 1.02 bits per heavy atom. The quantitative estimate of drug-likeness (QED) is 0.365. The van der Waals surface area contributed by atoms with Gasteiger partial charge in [-0.05, 0) is 57.0 Å². The second kappa shape index (κ2) is 13.5. The molecule has 2 saturated heterocycles. The van der Waals surface area contributed by atoms with Crippen LogP contribution in [0.25, 0.3) is 11.3 Å². The number of hydrogen-bond acceptors (Lipinski definition) is 9. The van der Waals surface area contributed by atoms with E-state index in [0.29, 0.717) is 52.6 Å². The standard InChI is InChI=1S/C32H38Cl2N8O3/c1-19(24-15-28(35-16-26(24)33)41-10-8-40(3)9-11-41)37-30(43)20(2)42-18-22-5-4-21(14-25(22)31(42)44)29-27(34)17-36-32(39-29)38-23-6-12-45-13-7-23/h4-5,14-17,19-20,23H,6-13,18H2,1-3H3,(H,37,43)(H,36,38,39). The molecule has 6 rings (SSSR count). The normalized spacial score (nSPS) is 18.9. The van der Waals surface area contributed by atoms with Crippen molar-refractivity contribution in [3.8, 4) is 11.3 Å². The molecule has 2 unspecified atom stereocenters. The number of pyridine rings is 1. The Labute approximate surface area is 273 Å². The van der Waals surface area contributed by atoms with Crippen LogP contribution in [0, 0.1) is 0 Å². The van der Waals surface area contributed by atoms with Crippen molar-refractivity contribution < 1.29 is 14.3 Å². The van der Waals surface area contributed by atoms with Crippen molar-refractivity contribution in [3.05, 3.63) is 63.4 Å². The number of piperazine rings is 1. The number of rotatable bonds is 8. The number of nitrogens with zero attached hydrogens (tertiary/aromatic N) is 6. The highest BCUT2D eigenvalue weighted by molar-refractivity contribution is 6.33. The van der Waals surface area contributed by atoms with Crippen molar-refractivity contribution in [2.24, 2.45) is 0 Å². The molecule has 2 aromatic heterocycles. The first-order chi connectivity index (χ1) is 21.7. The van der Waals surface area contributed by atoms with E-state index in [1.165, 1.54) is 0 Å². The lowest BCUT2D eigenvalue weighted by Gasteiger charge is -2.33. The van der Waals surface area contributed by atoms with Gasteiger partial charge in [0.25, 0.3) is 5.91 Å². The molecule has 13 heteroatoms. The fraction of sp³-hybridized carbons (Fsp3) is 0.469.